The Morgan fingerprint density at radius 1 is 1.62 bits per heavy atom. The van der Waals surface area contributed by atoms with E-state index in [9.17, 15) is 4.79 Å². The first-order chi connectivity index (χ1) is 6.11. The van der Waals surface area contributed by atoms with Crippen LogP contribution in [0.25, 0.3) is 0 Å². The van der Waals surface area contributed by atoms with Crippen molar-refractivity contribution in [2.45, 2.75) is 50.9 Å². The molecule has 0 spiro atoms. The van der Waals surface area contributed by atoms with Gasteiger partial charge < -0.3 is 4.90 Å². The smallest absolute Gasteiger partial charge is 0.219 e. The van der Waals surface area contributed by atoms with E-state index < -0.39 is 0 Å². The molecule has 0 aliphatic carbocycles. The van der Waals surface area contributed by atoms with E-state index in [0.717, 1.165) is 25.8 Å². The van der Waals surface area contributed by atoms with Gasteiger partial charge in [-0.25, -0.2) is 0 Å². The van der Waals surface area contributed by atoms with Crippen molar-refractivity contribution in [3.8, 4) is 0 Å². The predicted octanol–water partition coefficient (Wildman–Crippen LogP) is 2.40. The van der Waals surface area contributed by atoms with E-state index in [2.05, 4.69) is 0 Å². The Hall–Kier alpha value is -0.240. The Bertz CT molecular complexity index is 182. The molecule has 1 saturated heterocycles. The van der Waals surface area contributed by atoms with Crippen LogP contribution in [0.15, 0.2) is 0 Å². The summed E-state index contributed by atoms with van der Waals surface area (Å²) in [6.45, 7) is 4.56. The molecule has 13 heavy (non-hydrogen) atoms. The van der Waals surface area contributed by atoms with E-state index in [4.69, 9.17) is 11.6 Å². The molecule has 1 heterocycles. The number of nitrogens with zero attached hydrogens (tertiary/aromatic N) is 1. The van der Waals surface area contributed by atoms with Crippen LogP contribution in [0.3, 0.4) is 0 Å². The van der Waals surface area contributed by atoms with E-state index in [-0.39, 0.29) is 11.3 Å². The van der Waals surface area contributed by atoms with Gasteiger partial charge >= 0.3 is 0 Å². The second-order valence-corrected chi connectivity index (χ2v) is 4.62. The van der Waals surface area contributed by atoms with E-state index in [1.165, 1.54) is 6.42 Å². The minimum absolute atomic E-state index is 0.171. The number of amides is 1. The van der Waals surface area contributed by atoms with Crippen LogP contribution in [0, 0.1) is 0 Å². The summed E-state index contributed by atoms with van der Waals surface area (Å²) in [5.41, 5.74) is 0. The second kappa shape index (κ2) is 4.85. The van der Waals surface area contributed by atoms with Crippen molar-refractivity contribution >= 4 is 17.5 Å². The molecule has 1 amide bonds. The highest BCUT2D eigenvalue weighted by Crippen LogP contribution is 2.22. The third kappa shape index (κ3) is 3.18. The topological polar surface area (TPSA) is 20.3 Å². The standard InChI is InChI=1S/C10H18ClNO/c1-8(11)7-10-5-3-4-6-12(10)9(2)13/h8,10H,3-7H2,1-2H3. The molecule has 3 heteroatoms. The van der Waals surface area contributed by atoms with Gasteiger partial charge in [0.2, 0.25) is 5.91 Å². The largest absolute Gasteiger partial charge is 0.340 e. The highest BCUT2D eigenvalue weighted by atomic mass is 35.5. The first kappa shape index (κ1) is 10.8. The Labute approximate surface area is 85.2 Å². The van der Waals surface area contributed by atoms with Gasteiger partial charge in [-0.1, -0.05) is 0 Å². The van der Waals surface area contributed by atoms with Crippen LogP contribution in [0.2, 0.25) is 0 Å². The fourth-order valence-corrected chi connectivity index (χ4v) is 2.24. The highest BCUT2D eigenvalue weighted by molar-refractivity contribution is 6.20. The van der Waals surface area contributed by atoms with Gasteiger partial charge in [0.15, 0.2) is 0 Å². The maximum atomic E-state index is 11.3. The lowest BCUT2D eigenvalue weighted by molar-refractivity contribution is -0.132. The minimum Gasteiger partial charge on any atom is -0.340 e. The quantitative estimate of drug-likeness (QED) is 0.632. The van der Waals surface area contributed by atoms with Crippen molar-refractivity contribution in [1.29, 1.82) is 0 Å². The van der Waals surface area contributed by atoms with Crippen LogP contribution >= 0.6 is 11.6 Å². The molecule has 0 radical (unpaired) electrons. The number of rotatable bonds is 2. The van der Waals surface area contributed by atoms with Crippen LogP contribution in [-0.4, -0.2) is 28.8 Å². The molecule has 2 nitrogen and oxygen atoms in total. The lowest BCUT2D eigenvalue weighted by Gasteiger charge is -2.35. The molecule has 76 valence electrons. The Balaban J connectivity index is 2.51. The summed E-state index contributed by atoms with van der Waals surface area (Å²) >= 11 is 5.94. The Kier molecular flexibility index (Phi) is 4.04. The fraction of sp³-hybridized carbons (Fsp3) is 0.900. The summed E-state index contributed by atoms with van der Waals surface area (Å²) in [5, 5.41) is 0.171. The van der Waals surface area contributed by atoms with Gasteiger partial charge in [-0.2, -0.15) is 0 Å². The minimum atomic E-state index is 0.171. The van der Waals surface area contributed by atoms with Crippen LogP contribution in [0.4, 0.5) is 0 Å². The average Bonchev–Trinajstić information content (AvgIpc) is 2.03. The molecule has 2 atom stereocenters. The number of halogens is 1. The van der Waals surface area contributed by atoms with E-state index in [1.54, 1.807) is 6.92 Å². The average molecular weight is 204 g/mol. The first-order valence-corrected chi connectivity index (χ1v) is 5.46. The van der Waals surface area contributed by atoms with Crippen molar-refractivity contribution in [3.05, 3.63) is 0 Å². The number of piperidine rings is 1. The summed E-state index contributed by atoms with van der Waals surface area (Å²) < 4.78 is 0. The summed E-state index contributed by atoms with van der Waals surface area (Å²) in [6, 6.07) is 0.388. The molecule has 2 unspecified atom stereocenters. The molecule has 1 aliphatic rings. The number of carbonyl (C=O) groups excluding carboxylic acids is 1. The third-order valence-corrected chi connectivity index (χ3v) is 2.81. The number of alkyl halides is 1. The maximum absolute atomic E-state index is 11.3. The normalized spacial score (nSPS) is 25.8. The predicted molar refractivity (Wildman–Crippen MR) is 55.0 cm³/mol. The van der Waals surface area contributed by atoms with Crippen molar-refractivity contribution in [2.24, 2.45) is 0 Å². The first-order valence-electron chi connectivity index (χ1n) is 5.02. The zero-order chi connectivity index (χ0) is 9.84. The second-order valence-electron chi connectivity index (χ2n) is 3.88. The van der Waals surface area contributed by atoms with Crippen molar-refractivity contribution in [3.63, 3.8) is 0 Å². The number of hydrogen-bond donors (Lipinski definition) is 0. The zero-order valence-corrected chi connectivity index (χ0v) is 9.18. The van der Waals surface area contributed by atoms with Crippen LogP contribution in [-0.2, 0) is 4.79 Å². The Morgan fingerprint density at radius 2 is 2.31 bits per heavy atom. The number of hydrogen-bond acceptors (Lipinski definition) is 1. The lowest BCUT2D eigenvalue weighted by atomic mass is 9.98. The summed E-state index contributed by atoms with van der Waals surface area (Å²) in [7, 11) is 0. The van der Waals surface area contributed by atoms with Gasteiger partial charge in [0.05, 0.1) is 0 Å². The van der Waals surface area contributed by atoms with Gasteiger partial charge in [0.25, 0.3) is 0 Å². The third-order valence-electron chi connectivity index (χ3n) is 2.63. The molecule has 0 N–H and O–H groups in total. The highest BCUT2D eigenvalue weighted by Gasteiger charge is 2.24. The molecule has 0 aromatic heterocycles. The zero-order valence-electron chi connectivity index (χ0n) is 8.42. The number of likely N-dealkylation sites (tertiary alicyclic amines) is 1. The molecule has 1 aliphatic heterocycles. The summed E-state index contributed by atoms with van der Waals surface area (Å²) in [5.74, 6) is 0.196. The van der Waals surface area contributed by atoms with E-state index in [0.29, 0.717) is 6.04 Å². The van der Waals surface area contributed by atoms with Gasteiger partial charge in [-0.05, 0) is 32.6 Å². The molecule has 0 saturated carbocycles. The molecule has 1 rings (SSSR count). The summed E-state index contributed by atoms with van der Waals surface area (Å²) in [4.78, 5) is 13.2. The fourth-order valence-electron chi connectivity index (χ4n) is 2.04. The molecular weight excluding hydrogens is 186 g/mol. The maximum Gasteiger partial charge on any atom is 0.219 e. The molecule has 1 fully saturated rings. The van der Waals surface area contributed by atoms with Crippen molar-refractivity contribution in [1.82, 2.24) is 4.90 Å². The van der Waals surface area contributed by atoms with E-state index >= 15 is 0 Å². The Morgan fingerprint density at radius 3 is 2.85 bits per heavy atom. The summed E-state index contributed by atoms with van der Waals surface area (Å²) in [6.07, 6.45) is 4.43. The van der Waals surface area contributed by atoms with Gasteiger partial charge in [0.1, 0.15) is 0 Å². The SMILES string of the molecule is CC(=O)N1CCCCC1CC(C)Cl. The molecule has 0 bridgehead atoms. The van der Waals surface area contributed by atoms with E-state index in [1.807, 2.05) is 11.8 Å². The van der Waals surface area contributed by atoms with Crippen LogP contribution in [0.5, 0.6) is 0 Å². The van der Waals surface area contributed by atoms with Gasteiger partial charge in [-0.3, -0.25) is 4.79 Å². The monoisotopic (exact) mass is 203 g/mol. The molecule has 0 aromatic carbocycles. The van der Waals surface area contributed by atoms with Crippen LogP contribution in [0.1, 0.15) is 39.5 Å². The van der Waals surface area contributed by atoms with Crippen molar-refractivity contribution in [2.75, 3.05) is 6.54 Å². The van der Waals surface area contributed by atoms with Gasteiger partial charge in [0, 0.05) is 24.9 Å². The van der Waals surface area contributed by atoms with Crippen molar-refractivity contribution < 1.29 is 4.79 Å². The molecule has 0 aromatic rings. The van der Waals surface area contributed by atoms with Crippen LogP contribution < -0.4 is 0 Å². The lowest BCUT2D eigenvalue weighted by Crippen LogP contribution is -2.43. The van der Waals surface area contributed by atoms with Gasteiger partial charge in [-0.15, -0.1) is 11.6 Å². The number of carbonyl (C=O) groups is 1. The molecular formula is C10H18ClNO.